The molecule has 134 valence electrons. The smallest absolute Gasteiger partial charge is 0.259 e. The van der Waals surface area contributed by atoms with Gasteiger partial charge in [0, 0.05) is 45.0 Å². The van der Waals surface area contributed by atoms with E-state index in [0.717, 1.165) is 38.5 Å². The fourth-order valence-electron chi connectivity index (χ4n) is 2.73. The minimum Gasteiger partial charge on any atom is -0.366 e. The molecule has 1 aliphatic rings. The zero-order valence-electron chi connectivity index (χ0n) is 14.5. The summed E-state index contributed by atoms with van der Waals surface area (Å²) >= 11 is 1.28. The summed E-state index contributed by atoms with van der Waals surface area (Å²) in [5.41, 5.74) is 2.07. The van der Waals surface area contributed by atoms with Crippen LogP contribution >= 0.6 is 11.3 Å². The summed E-state index contributed by atoms with van der Waals surface area (Å²) in [7, 11) is 2.16. The predicted molar refractivity (Wildman–Crippen MR) is 99.1 cm³/mol. The molecule has 0 saturated carbocycles. The Bertz CT molecular complexity index is 668. The van der Waals surface area contributed by atoms with Crippen LogP contribution in [0.2, 0.25) is 0 Å². The first kappa shape index (κ1) is 17.7. The van der Waals surface area contributed by atoms with Crippen molar-refractivity contribution >= 4 is 28.2 Å². The topological polar surface area (TPSA) is 86.3 Å². The van der Waals surface area contributed by atoms with Crippen molar-refractivity contribution in [3.8, 4) is 0 Å². The SMILES string of the molecule is CC(CN1CCN(C)CC1)Nc1ccc(C(=O)Nc2nncs2)cn1. The largest absolute Gasteiger partial charge is 0.366 e. The number of carbonyl (C=O) groups excluding carboxylic acids is 1. The van der Waals surface area contributed by atoms with Gasteiger partial charge < -0.3 is 10.2 Å². The van der Waals surface area contributed by atoms with Gasteiger partial charge in [-0.25, -0.2) is 4.98 Å². The molecule has 0 bridgehead atoms. The maximum absolute atomic E-state index is 12.1. The first-order chi connectivity index (χ1) is 12.1. The van der Waals surface area contributed by atoms with Crippen molar-refractivity contribution in [2.24, 2.45) is 0 Å². The number of amides is 1. The molecule has 2 N–H and O–H groups in total. The van der Waals surface area contributed by atoms with Crippen molar-refractivity contribution in [1.82, 2.24) is 25.0 Å². The molecule has 1 saturated heterocycles. The van der Waals surface area contributed by atoms with Crippen molar-refractivity contribution in [1.29, 1.82) is 0 Å². The molecule has 0 radical (unpaired) electrons. The van der Waals surface area contributed by atoms with Gasteiger partial charge in [0.15, 0.2) is 0 Å². The van der Waals surface area contributed by atoms with E-state index in [2.05, 4.69) is 49.6 Å². The average molecular weight is 361 g/mol. The number of aromatic nitrogens is 3. The lowest BCUT2D eigenvalue weighted by molar-refractivity contribution is 0.102. The number of anilines is 2. The van der Waals surface area contributed by atoms with Gasteiger partial charge in [-0.1, -0.05) is 11.3 Å². The van der Waals surface area contributed by atoms with Gasteiger partial charge in [0.1, 0.15) is 11.3 Å². The Labute approximate surface area is 151 Å². The average Bonchev–Trinajstić information content (AvgIpc) is 3.10. The molecule has 1 atom stereocenters. The van der Waals surface area contributed by atoms with Crippen LogP contribution in [0.4, 0.5) is 10.9 Å². The summed E-state index contributed by atoms with van der Waals surface area (Å²) in [5.74, 6) is 0.537. The van der Waals surface area contributed by atoms with Gasteiger partial charge in [-0.3, -0.25) is 15.0 Å². The minimum absolute atomic E-state index is 0.235. The van der Waals surface area contributed by atoms with Crippen LogP contribution in [0.3, 0.4) is 0 Å². The van der Waals surface area contributed by atoms with E-state index in [1.807, 2.05) is 6.07 Å². The van der Waals surface area contributed by atoms with E-state index < -0.39 is 0 Å². The molecule has 3 rings (SSSR count). The molecule has 0 aromatic carbocycles. The van der Waals surface area contributed by atoms with E-state index in [0.29, 0.717) is 10.7 Å². The van der Waals surface area contributed by atoms with E-state index in [-0.39, 0.29) is 11.9 Å². The van der Waals surface area contributed by atoms with Crippen molar-refractivity contribution in [2.45, 2.75) is 13.0 Å². The Morgan fingerprint density at radius 1 is 1.32 bits per heavy atom. The number of rotatable bonds is 6. The van der Waals surface area contributed by atoms with Crippen molar-refractivity contribution in [3.63, 3.8) is 0 Å². The number of hydrogen-bond acceptors (Lipinski definition) is 8. The third kappa shape index (κ3) is 5.18. The lowest BCUT2D eigenvalue weighted by atomic mass is 10.2. The maximum Gasteiger partial charge on any atom is 0.259 e. The van der Waals surface area contributed by atoms with Gasteiger partial charge in [0.25, 0.3) is 5.91 Å². The Hall–Kier alpha value is -2.10. The molecule has 1 unspecified atom stereocenters. The number of nitrogens with zero attached hydrogens (tertiary/aromatic N) is 5. The van der Waals surface area contributed by atoms with E-state index >= 15 is 0 Å². The molecule has 3 heterocycles. The van der Waals surface area contributed by atoms with Crippen LogP contribution in [0.1, 0.15) is 17.3 Å². The lowest BCUT2D eigenvalue weighted by Crippen LogP contribution is -2.47. The summed E-state index contributed by atoms with van der Waals surface area (Å²) in [5, 5.41) is 14.0. The summed E-state index contributed by atoms with van der Waals surface area (Å²) in [6.45, 7) is 7.55. The van der Waals surface area contributed by atoms with Crippen LogP contribution in [0.15, 0.2) is 23.8 Å². The van der Waals surface area contributed by atoms with Gasteiger partial charge in [0.05, 0.1) is 5.56 Å². The highest BCUT2D eigenvalue weighted by Crippen LogP contribution is 2.12. The van der Waals surface area contributed by atoms with Crippen LogP contribution in [0, 0.1) is 0 Å². The van der Waals surface area contributed by atoms with Crippen LogP contribution in [-0.4, -0.2) is 76.7 Å². The molecule has 9 heteroatoms. The van der Waals surface area contributed by atoms with Gasteiger partial charge >= 0.3 is 0 Å². The number of hydrogen-bond donors (Lipinski definition) is 2. The Kier molecular flexibility index (Phi) is 5.90. The molecule has 25 heavy (non-hydrogen) atoms. The lowest BCUT2D eigenvalue weighted by Gasteiger charge is -2.34. The minimum atomic E-state index is -0.235. The molecule has 8 nitrogen and oxygen atoms in total. The second-order valence-electron chi connectivity index (χ2n) is 6.28. The van der Waals surface area contributed by atoms with Crippen molar-refractivity contribution < 1.29 is 4.79 Å². The first-order valence-electron chi connectivity index (χ1n) is 8.31. The molecule has 0 spiro atoms. The fourth-order valence-corrected chi connectivity index (χ4v) is 3.17. The molecule has 2 aromatic rings. The molecular weight excluding hydrogens is 338 g/mol. The van der Waals surface area contributed by atoms with E-state index in [1.165, 1.54) is 11.3 Å². The van der Waals surface area contributed by atoms with Gasteiger partial charge in [-0.15, -0.1) is 10.2 Å². The second-order valence-corrected chi connectivity index (χ2v) is 7.11. The number of carbonyl (C=O) groups is 1. The van der Waals surface area contributed by atoms with Crippen molar-refractivity contribution in [2.75, 3.05) is 50.4 Å². The Morgan fingerprint density at radius 2 is 2.12 bits per heavy atom. The molecule has 2 aromatic heterocycles. The first-order valence-corrected chi connectivity index (χ1v) is 9.19. The zero-order chi connectivity index (χ0) is 17.6. The van der Waals surface area contributed by atoms with Crippen molar-refractivity contribution in [3.05, 3.63) is 29.4 Å². The zero-order valence-corrected chi connectivity index (χ0v) is 15.3. The van der Waals surface area contributed by atoms with E-state index in [9.17, 15) is 4.79 Å². The van der Waals surface area contributed by atoms with Crippen LogP contribution < -0.4 is 10.6 Å². The molecular formula is C16H23N7OS. The summed E-state index contributed by atoms with van der Waals surface area (Å²) < 4.78 is 0. The summed E-state index contributed by atoms with van der Waals surface area (Å²) in [4.78, 5) is 21.2. The summed E-state index contributed by atoms with van der Waals surface area (Å²) in [6, 6.07) is 3.88. The van der Waals surface area contributed by atoms with E-state index in [4.69, 9.17) is 0 Å². The van der Waals surface area contributed by atoms with Gasteiger partial charge in [-0.2, -0.15) is 0 Å². The highest BCUT2D eigenvalue weighted by molar-refractivity contribution is 7.13. The third-order valence-electron chi connectivity index (χ3n) is 4.13. The molecule has 1 amide bonds. The monoisotopic (exact) mass is 361 g/mol. The van der Waals surface area contributed by atoms with Crippen LogP contribution in [-0.2, 0) is 0 Å². The summed E-state index contributed by atoms with van der Waals surface area (Å²) in [6.07, 6.45) is 1.57. The number of nitrogens with one attached hydrogen (secondary N) is 2. The van der Waals surface area contributed by atoms with Gasteiger partial charge in [0.2, 0.25) is 5.13 Å². The predicted octanol–water partition coefficient (Wildman–Crippen LogP) is 1.23. The number of piperazine rings is 1. The quantitative estimate of drug-likeness (QED) is 0.800. The number of likely N-dealkylation sites (N-methyl/N-ethyl adjacent to an activating group) is 1. The van der Waals surface area contributed by atoms with E-state index in [1.54, 1.807) is 17.8 Å². The normalized spacial score (nSPS) is 17.2. The number of pyridine rings is 1. The fraction of sp³-hybridized carbons (Fsp3) is 0.500. The Morgan fingerprint density at radius 3 is 2.76 bits per heavy atom. The molecule has 1 aliphatic heterocycles. The van der Waals surface area contributed by atoms with Crippen LogP contribution in [0.25, 0.3) is 0 Å². The molecule has 0 aliphatic carbocycles. The highest BCUT2D eigenvalue weighted by Gasteiger charge is 2.16. The third-order valence-corrected chi connectivity index (χ3v) is 4.74. The van der Waals surface area contributed by atoms with Crippen LogP contribution in [0.5, 0.6) is 0 Å². The second kappa shape index (κ2) is 8.32. The Balaban J connectivity index is 1.49. The highest BCUT2D eigenvalue weighted by atomic mass is 32.1. The standard InChI is InChI=1S/C16H23N7OS/c1-12(10-23-7-5-22(2)6-8-23)19-14-4-3-13(9-17-14)15(24)20-16-21-18-11-25-16/h3-4,9,11-12H,5-8,10H2,1-2H3,(H,17,19)(H,20,21,24). The molecule has 1 fully saturated rings. The van der Waals surface area contributed by atoms with Gasteiger partial charge in [-0.05, 0) is 26.1 Å². The maximum atomic E-state index is 12.1.